The number of carbonyl (C=O) groups excluding carboxylic acids is 1. The molecule has 1 aliphatic rings. The molecule has 0 aliphatic carbocycles. The van der Waals surface area contributed by atoms with E-state index < -0.39 is 32.8 Å². The van der Waals surface area contributed by atoms with E-state index in [1.54, 1.807) is 0 Å². The lowest BCUT2D eigenvalue weighted by molar-refractivity contribution is -0.137. The molecule has 0 spiro atoms. The van der Waals surface area contributed by atoms with Gasteiger partial charge < -0.3 is 14.6 Å². The molecule has 0 saturated carbocycles. The standard InChI is InChI=1S/C22H28F3N3O5S/c1-3-5-7-15(4-2)13-26-21(29)32-20-18-14-28(11-10-19(18)33-27-20)34(30,31)17-9-6-8-16(12-17)22(23,24)25/h6,8-9,12,15H,3-5,7,10-11,13-14H2,1-2H3,(H,26,29). The van der Waals surface area contributed by atoms with Gasteiger partial charge in [0.1, 0.15) is 5.76 Å². The predicted molar refractivity (Wildman–Crippen MR) is 117 cm³/mol. The zero-order valence-electron chi connectivity index (χ0n) is 19.0. The molecule has 1 N–H and O–H groups in total. The number of ether oxygens (including phenoxy) is 1. The van der Waals surface area contributed by atoms with Gasteiger partial charge in [0.05, 0.1) is 16.0 Å². The zero-order chi connectivity index (χ0) is 24.9. The number of nitrogens with zero attached hydrogens (tertiary/aromatic N) is 2. The SMILES string of the molecule is CCCCC(CC)CNC(=O)Oc1noc2c1CN(S(=O)(=O)c1cccc(C(F)(F)F)c1)CC2. The fourth-order valence-electron chi connectivity index (χ4n) is 3.72. The van der Waals surface area contributed by atoms with Crippen molar-refractivity contribution >= 4 is 16.1 Å². The minimum atomic E-state index is -4.67. The predicted octanol–water partition coefficient (Wildman–Crippen LogP) is 4.75. The Labute approximate surface area is 196 Å². The molecular formula is C22H28F3N3O5S. The van der Waals surface area contributed by atoms with Crippen molar-refractivity contribution in [3.05, 3.63) is 41.2 Å². The molecule has 2 aromatic rings. The number of sulfonamides is 1. The Hall–Kier alpha value is -2.60. The molecule has 0 bridgehead atoms. The van der Waals surface area contributed by atoms with E-state index in [0.29, 0.717) is 24.3 Å². The fraction of sp³-hybridized carbons (Fsp3) is 0.545. The maximum absolute atomic E-state index is 13.0. The fourth-order valence-corrected chi connectivity index (χ4v) is 5.18. The molecule has 0 saturated heterocycles. The van der Waals surface area contributed by atoms with Crippen molar-refractivity contribution in [1.29, 1.82) is 0 Å². The molecule has 1 amide bonds. The number of nitrogens with one attached hydrogen (secondary N) is 1. The van der Waals surface area contributed by atoms with Crippen LogP contribution in [0.5, 0.6) is 5.88 Å². The molecule has 3 rings (SSSR count). The lowest BCUT2D eigenvalue weighted by atomic mass is 10.00. The molecule has 188 valence electrons. The molecule has 2 heterocycles. The summed E-state index contributed by atoms with van der Waals surface area (Å²) in [5, 5.41) is 6.44. The number of carbonyl (C=O) groups is 1. The molecule has 1 unspecified atom stereocenters. The summed E-state index contributed by atoms with van der Waals surface area (Å²) in [7, 11) is -4.24. The van der Waals surface area contributed by atoms with Gasteiger partial charge in [-0.3, -0.25) is 0 Å². The summed E-state index contributed by atoms with van der Waals surface area (Å²) >= 11 is 0. The summed E-state index contributed by atoms with van der Waals surface area (Å²) in [5.74, 6) is 0.526. The van der Waals surface area contributed by atoms with Crippen molar-refractivity contribution in [2.24, 2.45) is 5.92 Å². The van der Waals surface area contributed by atoms with Gasteiger partial charge in [-0.25, -0.2) is 13.2 Å². The highest BCUT2D eigenvalue weighted by molar-refractivity contribution is 7.89. The summed E-state index contributed by atoms with van der Waals surface area (Å²) in [6.07, 6.45) is -1.26. The number of alkyl halides is 3. The number of amides is 1. The first-order chi connectivity index (χ1) is 16.1. The Morgan fingerprint density at radius 3 is 2.76 bits per heavy atom. The van der Waals surface area contributed by atoms with E-state index >= 15 is 0 Å². The molecule has 8 nitrogen and oxygen atoms in total. The average Bonchev–Trinajstić information content (AvgIpc) is 3.20. The summed E-state index contributed by atoms with van der Waals surface area (Å²) in [6.45, 7) is 4.32. The van der Waals surface area contributed by atoms with Gasteiger partial charge in [0.25, 0.3) is 5.88 Å². The number of benzene rings is 1. The van der Waals surface area contributed by atoms with Crippen LogP contribution < -0.4 is 10.1 Å². The van der Waals surface area contributed by atoms with Crippen molar-refractivity contribution in [2.75, 3.05) is 13.1 Å². The molecule has 34 heavy (non-hydrogen) atoms. The maximum atomic E-state index is 13.0. The maximum Gasteiger partial charge on any atom is 0.416 e. The lowest BCUT2D eigenvalue weighted by Gasteiger charge is -2.25. The van der Waals surface area contributed by atoms with Gasteiger partial charge >= 0.3 is 12.3 Å². The zero-order valence-corrected chi connectivity index (χ0v) is 19.8. The van der Waals surface area contributed by atoms with Crippen LogP contribution in [0.15, 0.2) is 33.7 Å². The van der Waals surface area contributed by atoms with Crippen LogP contribution >= 0.6 is 0 Å². The van der Waals surface area contributed by atoms with Crippen LogP contribution in [-0.2, 0) is 29.2 Å². The molecule has 0 radical (unpaired) electrons. The van der Waals surface area contributed by atoms with Gasteiger partial charge in [-0.15, -0.1) is 0 Å². The Balaban J connectivity index is 1.70. The first-order valence-corrected chi connectivity index (χ1v) is 12.6. The summed E-state index contributed by atoms with van der Waals surface area (Å²) in [6, 6.07) is 3.57. The van der Waals surface area contributed by atoms with E-state index in [9.17, 15) is 26.4 Å². The number of rotatable bonds is 9. The Morgan fingerprint density at radius 1 is 1.32 bits per heavy atom. The third-order valence-electron chi connectivity index (χ3n) is 5.82. The highest BCUT2D eigenvalue weighted by Gasteiger charge is 2.36. The van der Waals surface area contributed by atoms with E-state index in [1.165, 1.54) is 0 Å². The number of hydrogen-bond acceptors (Lipinski definition) is 6. The number of halogens is 3. The van der Waals surface area contributed by atoms with Crippen molar-refractivity contribution in [3.63, 3.8) is 0 Å². The smallest absolute Gasteiger partial charge is 0.388 e. The third-order valence-corrected chi connectivity index (χ3v) is 7.66. The molecule has 1 aromatic carbocycles. The van der Waals surface area contributed by atoms with E-state index in [1.807, 2.05) is 6.92 Å². The minimum absolute atomic E-state index is 0.0119. The van der Waals surface area contributed by atoms with Crippen molar-refractivity contribution in [3.8, 4) is 5.88 Å². The van der Waals surface area contributed by atoms with Crippen molar-refractivity contribution < 1.29 is 35.6 Å². The third kappa shape index (κ3) is 6.09. The summed E-state index contributed by atoms with van der Waals surface area (Å²) in [5.41, 5.74) is -0.781. The molecule has 1 aromatic heterocycles. The van der Waals surface area contributed by atoms with E-state index in [2.05, 4.69) is 17.4 Å². The van der Waals surface area contributed by atoms with Crippen LogP contribution in [0, 0.1) is 5.92 Å². The highest BCUT2D eigenvalue weighted by Crippen LogP contribution is 2.34. The summed E-state index contributed by atoms with van der Waals surface area (Å²) in [4.78, 5) is 11.8. The topological polar surface area (TPSA) is 102 Å². The van der Waals surface area contributed by atoms with Gasteiger partial charge in [0.2, 0.25) is 10.0 Å². The van der Waals surface area contributed by atoms with E-state index in [4.69, 9.17) is 9.26 Å². The molecule has 0 fully saturated rings. The molecule has 1 aliphatic heterocycles. The van der Waals surface area contributed by atoms with Gasteiger partial charge in [0, 0.05) is 26.1 Å². The Bertz CT molecular complexity index is 1100. The van der Waals surface area contributed by atoms with Crippen LogP contribution in [0.2, 0.25) is 0 Å². The quantitative estimate of drug-likeness (QED) is 0.530. The van der Waals surface area contributed by atoms with Crippen LogP contribution in [0.25, 0.3) is 0 Å². The number of fused-ring (bicyclic) bond motifs is 1. The van der Waals surface area contributed by atoms with Crippen LogP contribution in [-0.4, -0.2) is 37.1 Å². The van der Waals surface area contributed by atoms with Gasteiger partial charge in [0.15, 0.2) is 0 Å². The number of aromatic nitrogens is 1. The minimum Gasteiger partial charge on any atom is -0.388 e. The monoisotopic (exact) mass is 503 g/mol. The second-order valence-corrected chi connectivity index (χ2v) is 10.1. The van der Waals surface area contributed by atoms with Crippen LogP contribution in [0.1, 0.15) is 56.4 Å². The highest BCUT2D eigenvalue weighted by atomic mass is 32.2. The Morgan fingerprint density at radius 2 is 2.09 bits per heavy atom. The molecule has 1 atom stereocenters. The second-order valence-electron chi connectivity index (χ2n) is 8.19. The first kappa shape index (κ1) is 26.0. The number of unbranched alkanes of at least 4 members (excludes halogenated alkanes) is 1. The van der Waals surface area contributed by atoms with Crippen molar-refractivity contribution in [2.45, 2.75) is 63.6 Å². The van der Waals surface area contributed by atoms with Crippen molar-refractivity contribution in [1.82, 2.24) is 14.8 Å². The molecular weight excluding hydrogens is 475 g/mol. The van der Waals surface area contributed by atoms with E-state index in [-0.39, 0.29) is 31.0 Å². The Kier molecular flexibility index (Phi) is 8.24. The van der Waals surface area contributed by atoms with Crippen LogP contribution in [0.3, 0.4) is 0 Å². The largest absolute Gasteiger partial charge is 0.416 e. The second kappa shape index (κ2) is 10.8. The summed E-state index contributed by atoms with van der Waals surface area (Å²) < 4.78 is 76.6. The van der Waals surface area contributed by atoms with E-state index in [0.717, 1.165) is 48.2 Å². The normalized spacial score (nSPS) is 15.6. The van der Waals surface area contributed by atoms with Gasteiger partial charge in [-0.1, -0.05) is 39.2 Å². The first-order valence-electron chi connectivity index (χ1n) is 11.2. The van der Waals surface area contributed by atoms with Crippen LogP contribution in [0.4, 0.5) is 18.0 Å². The van der Waals surface area contributed by atoms with Gasteiger partial charge in [-0.2, -0.15) is 17.5 Å². The molecule has 12 heteroatoms. The lowest BCUT2D eigenvalue weighted by Crippen LogP contribution is -2.36. The number of hydrogen-bond donors (Lipinski definition) is 1. The van der Waals surface area contributed by atoms with Gasteiger partial charge in [-0.05, 0) is 35.7 Å². The average molecular weight is 504 g/mol.